The van der Waals surface area contributed by atoms with Crippen LogP contribution in [-0.2, 0) is 11.3 Å². The average Bonchev–Trinajstić information content (AvgIpc) is 3.24. The number of hydrogen-bond donors (Lipinski definition) is 0. The summed E-state index contributed by atoms with van der Waals surface area (Å²) in [5.74, 6) is 0.915. The molecule has 3 rings (SSSR count). The molecule has 1 aliphatic rings. The topological polar surface area (TPSA) is 49.6 Å². The highest BCUT2D eigenvalue weighted by molar-refractivity contribution is 5.75. The zero-order chi connectivity index (χ0) is 16.9. The van der Waals surface area contributed by atoms with Gasteiger partial charge in [0, 0.05) is 32.1 Å². The first-order valence-corrected chi connectivity index (χ1v) is 8.75. The second-order valence-corrected chi connectivity index (χ2v) is 6.32. The fraction of sp³-hybridized carbons (Fsp3) is 0.474. The van der Waals surface area contributed by atoms with E-state index in [1.54, 1.807) is 6.92 Å². The Bertz CT molecular complexity index is 675. The molecule has 1 fully saturated rings. The van der Waals surface area contributed by atoms with Gasteiger partial charge in [-0.15, -0.1) is 0 Å². The number of carbonyl (C=O) groups is 1. The van der Waals surface area contributed by atoms with Crippen molar-refractivity contribution in [3.8, 4) is 11.3 Å². The number of rotatable bonds is 6. The molecule has 0 N–H and O–H groups in total. The van der Waals surface area contributed by atoms with Crippen LogP contribution >= 0.6 is 0 Å². The van der Waals surface area contributed by atoms with E-state index < -0.39 is 0 Å². The molecule has 0 spiro atoms. The van der Waals surface area contributed by atoms with Gasteiger partial charge in [-0.25, -0.2) is 0 Å². The van der Waals surface area contributed by atoms with Crippen LogP contribution in [0.3, 0.4) is 0 Å². The molecule has 1 aliphatic heterocycles. The number of aromatic nitrogens is 1. The SMILES string of the molecule is CCCN(Cc1c(-c2ccccc2)noc1N1CCCC1)C(C)=O. The summed E-state index contributed by atoms with van der Waals surface area (Å²) in [5.41, 5.74) is 2.90. The first kappa shape index (κ1) is 16.6. The van der Waals surface area contributed by atoms with E-state index in [0.717, 1.165) is 48.8 Å². The number of nitrogens with zero attached hydrogens (tertiary/aromatic N) is 3. The molecule has 128 valence electrons. The molecular formula is C19H25N3O2. The van der Waals surface area contributed by atoms with Crippen LogP contribution in [0.2, 0.25) is 0 Å². The second kappa shape index (κ2) is 7.51. The van der Waals surface area contributed by atoms with Crippen LogP contribution in [0.15, 0.2) is 34.9 Å². The molecule has 5 nitrogen and oxygen atoms in total. The zero-order valence-corrected chi connectivity index (χ0v) is 14.5. The third kappa shape index (κ3) is 3.45. The first-order valence-electron chi connectivity index (χ1n) is 8.75. The minimum atomic E-state index is 0.0874. The third-order valence-corrected chi connectivity index (χ3v) is 4.50. The van der Waals surface area contributed by atoms with Crippen LogP contribution in [0, 0.1) is 0 Å². The molecule has 5 heteroatoms. The number of amides is 1. The molecule has 1 amide bonds. The molecule has 0 atom stereocenters. The Morgan fingerprint density at radius 3 is 2.58 bits per heavy atom. The number of benzene rings is 1. The van der Waals surface area contributed by atoms with Gasteiger partial charge in [-0.3, -0.25) is 4.79 Å². The van der Waals surface area contributed by atoms with Crippen LogP contribution < -0.4 is 4.90 Å². The van der Waals surface area contributed by atoms with Crippen LogP contribution in [0.25, 0.3) is 11.3 Å². The fourth-order valence-corrected chi connectivity index (χ4v) is 3.24. The largest absolute Gasteiger partial charge is 0.340 e. The van der Waals surface area contributed by atoms with E-state index in [-0.39, 0.29) is 5.91 Å². The summed E-state index contributed by atoms with van der Waals surface area (Å²) in [6, 6.07) is 10.1. The van der Waals surface area contributed by atoms with Crippen molar-refractivity contribution in [1.29, 1.82) is 0 Å². The van der Waals surface area contributed by atoms with Crippen molar-refractivity contribution in [3.05, 3.63) is 35.9 Å². The molecule has 0 saturated carbocycles. The van der Waals surface area contributed by atoms with Crippen molar-refractivity contribution in [1.82, 2.24) is 10.1 Å². The van der Waals surface area contributed by atoms with Crippen molar-refractivity contribution in [3.63, 3.8) is 0 Å². The summed E-state index contributed by atoms with van der Waals surface area (Å²) in [5, 5.41) is 4.35. The molecule has 1 aromatic heterocycles. The van der Waals surface area contributed by atoms with Crippen molar-refractivity contribution in [2.75, 3.05) is 24.5 Å². The third-order valence-electron chi connectivity index (χ3n) is 4.50. The fourth-order valence-electron chi connectivity index (χ4n) is 3.24. The lowest BCUT2D eigenvalue weighted by atomic mass is 10.1. The smallest absolute Gasteiger partial charge is 0.232 e. The minimum Gasteiger partial charge on any atom is -0.340 e. The van der Waals surface area contributed by atoms with Crippen LogP contribution in [0.1, 0.15) is 38.7 Å². The van der Waals surface area contributed by atoms with E-state index in [9.17, 15) is 4.79 Å². The normalized spacial score (nSPS) is 14.2. The van der Waals surface area contributed by atoms with E-state index in [1.165, 1.54) is 12.8 Å². The summed E-state index contributed by atoms with van der Waals surface area (Å²) < 4.78 is 5.73. The van der Waals surface area contributed by atoms with Gasteiger partial charge < -0.3 is 14.3 Å². The minimum absolute atomic E-state index is 0.0874. The lowest BCUT2D eigenvalue weighted by Gasteiger charge is -2.22. The zero-order valence-electron chi connectivity index (χ0n) is 14.5. The van der Waals surface area contributed by atoms with Crippen LogP contribution in [-0.4, -0.2) is 35.6 Å². The van der Waals surface area contributed by atoms with Crippen molar-refractivity contribution < 1.29 is 9.32 Å². The van der Waals surface area contributed by atoms with Gasteiger partial charge >= 0.3 is 0 Å². The van der Waals surface area contributed by atoms with E-state index in [2.05, 4.69) is 17.0 Å². The summed E-state index contributed by atoms with van der Waals surface area (Å²) in [4.78, 5) is 16.1. The van der Waals surface area contributed by atoms with Gasteiger partial charge in [0.1, 0.15) is 5.69 Å². The predicted octanol–water partition coefficient (Wildman–Crippen LogP) is 3.70. The van der Waals surface area contributed by atoms with Crippen molar-refractivity contribution in [2.24, 2.45) is 0 Å². The Morgan fingerprint density at radius 1 is 1.25 bits per heavy atom. The lowest BCUT2D eigenvalue weighted by Crippen LogP contribution is -2.30. The molecule has 0 radical (unpaired) electrons. The van der Waals surface area contributed by atoms with Crippen LogP contribution in [0.4, 0.5) is 5.88 Å². The monoisotopic (exact) mass is 327 g/mol. The van der Waals surface area contributed by atoms with E-state index in [0.29, 0.717) is 6.54 Å². The molecule has 24 heavy (non-hydrogen) atoms. The Morgan fingerprint density at radius 2 is 1.96 bits per heavy atom. The maximum absolute atomic E-state index is 12.0. The predicted molar refractivity (Wildman–Crippen MR) is 94.8 cm³/mol. The Hall–Kier alpha value is -2.30. The highest BCUT2D eigenvalue weighted by atomic mass is 16.5. The standard InChI is InChI=1S/C19H25N3O2/c1-3-11-22(15(2)23)14-17-18(16-9-5-4-6-10-16)20-24-19(17)21-12-7-8-13-21/h4-6,9-10H,3,7-8,11-14H2,1-2H3. The van der Waals surface area contributed by atoms with Gasteiger partial charge in [-0.05, 0) is 19.3 Å². The summed E-state index contributed by atoms with van der Waals surface area (Å²) >= 11 is 0. The van der Waals surface area contributed by atoms with Crippen molar-refractivity contribution in [2.45, 2.75) is 39.7 Å². The van der Waals surface area contributed by atoms with Gasteiger partial charge in [0.05, 0.1) is 12.1 Å². The Balaban J connectivity index is 1.99. The summed E-state index contributed by atoms with van der Waals surface area (Å²) in [6.07, 6.45) is 3.28. The highest BCUT2D eigenvalue weighted by Gasteiger charge is 2.26. The summed E-state index contributed by atoms with van der Waals surface area (Å²) in [7, 11) is 0. The molecule has 0 aliphatic carbocycles. The Kier molecular flexibility index (Phi) is 5.18. The van der Waals surface area contributed by atoms with Gasteiger partial charge in [0.15, 0.2) is 0 Å². The first-order chi connectivity index (χ1) is 11.7. The maximum Gasteiger partial charge on any atom is 0.232 e. The van der Waals surface area contributed by atoms with Gasteiger partial charge in [-0.2, -0.15) is 0 Å². The quantitative estimate of drug-likeness (QED) is 0.812. The van der Waals surface area contributed by atoms with E-state index in [1.807, 2.05) is 35.2 Å². The Labute approximate surface area is 143 Å². The lowest BCUT2D eigenvalue weighted by molar-refractivity contribution is -0.129. The molecular weight excluding hydrogens is 302 g/mol. The maximum atomic E-state index is 12.0. The summed E-state index contributed by atoms with van der Waals surface area (Å²) in [6.45, 7) is 6.98. The molecule has 0 bridgehead atoms. The molecule has 1 aromatic carbocycles. The van der Waals surface area contributed by atoms with Gasteiger partial charge in [-0.1, -0.05) is 42.4 Å². The molecule has 2 aromatic rings. The number of anilines is 1. The second-order valence-electron chi connectivity index (χ2n) is 6.32. The highest BCUT2D eigenvalue weighted by Crippen LogP contribution is 2.34. The number of carbonyl (C=O) groups excluding carboxylic acids is 1. The van der Waals surface area contributed by atoms with Gasteiger partial charge in [0.25, 0.3) is 0 Å². The van der Waals surface area contributed by atoms with E-state index in [4.69, 9.17) is 4.52 Å². The average molecular weight is 327 g/mol. The molecule has 0 unspecified atom stereocenters. The van der Waals surface area contributed by atoms with Crippen molar-refractivity contribution >= 4 is 11.8 Å². The number of hydrogen-bond acceptors (Lipinski definition) is 4. The van der Waals surface area contributed by atoms with Crippen LogP contribution in [0.5, 0.6) is 0 Å². The van der Waals surface area contributed by atoms with E-state index >= 15 is 0 Å². The molecule has 1 saturated heterocycles. The molecule has 2 heterocycles. The van der Waals surface area contributed by atoms with Gasteiger partial charge in [0.2, 0.25) is 11.8 Å².